The van der Waals surface area contributed by atoms with Crippen LogP contribution in [0.4, 0.5) is 0 Å². The van der Waals surface area contributed by atoms with Crippen molar-refractivity contribution in [2.75, 3.05) is 19.6 Å². The van der Waals surface area contributed by atoms with Gasteiger partial charge in [-0.3, -0.25) is 9.59 Å². The molecule has 110 valence electrons. The van der Waals surface area contributed by atoms with Crippen LogP contribution in [0.5, 0.6) is 0 Å². The number of carbonyl (C=O) groups excluding carboxylic acids is 2. The lowest BCUT2D eigenvalue weighted by Gasteiger charge is -2.07. The van der Waals surface area contributed by atoms with Crippen molar-refractivity contribution in [3.63, 3.8) is 0 Å². The Bertz CT molecular complexity index is 446. The lowest BCUT2D eigenvalue weighted by Crippen LogP contribution is -2.26. The number of benzene rings is 1. The molecule has 2 amide bonds. The van der Waals surface area contributed by atoms with E-state index in [4.69, 9.17) is 5.73 Å². The van der Waals surface area contributed by atoms with Gasteiger partial charge in [-0.15, -0.1) is 0 Å². The van der Waals surface area contributed by atoms with Crippen molar-refractivity contribution in [1.82, 2.24) is 10.6 Å². The van der Waals surface area contributed by atoms with Crippen LogP contribution in [-0.2, 0) is 0 Å². The number of hydrogen-bond donors (Lipinski definition) is 3. The van der Waals surface area contributed by atoms with Crippen molar-refractivity contribution >= 4 is 11.8 Å². The first-order valence-corrected chi connectivity index (χ1v) is 7.05. The normalized spacial score (nSPS) is 10.1. The van der Waals surface area contributed by atoms with Gasteiger partial charge >= 0.3 is 0 Å². The van der Waals surface area contributed by atoms with Crippen LogP contribution in [0.1, 0.15) is 46.9 Å². The van der Waals surface area contributed by atoms with Crippen LogP contribution in [0.3, 0.4) is 0 Å². The fourth-order valence-electron chi connectivity index (χ4n) is 1.72. The van der Waals surface area contributed by atoms with Gasteiger partial charge in [0.2, 0.25) is 0 Å². The number of nitrogens with one attached hydrogen (secondary N) is 2. The van der Waals surface area contributed by atoms with Gasteiger partial charge in [0.1, 0.15) is 0 Å². The molecule has 0 saturated carbocycles. The quantitative estimate of drug-likeness (QED) is 0.626. The van der Waals surface area contributed by atoms with Crippen LogP contribution in [0.2, 0.25) is 0 Å². The van der Waals surface area contributed by atoms with Gasteiger partial charge in [-0.05, 0) is 44.0 Å². The van der Waals surface area contributed by atoms with Crippen molar-refractivity contribution < 1.29 is 9.59 Å². The van der Waals surface area contributed by atoms with Crippen LogP contribution in [-0.4, -0.2) is 31.4 Å². The van der Waals surface area contributed by atoms with Crippen molar-refractivity contribution in [2.45, 2.75) is 26.2 Å². The van der Waals surface area contributed by atoms with Gasteiger partial charge in [-0.2, -0.15) is 0 Å². The number of unbranched alkanes of at least 4 members (excludes halogenated alkanes) is 1. The summed E-state index contributed by atoms with van der Waals surface area (Å²) < 4.78 is 0. The number of hydrogen-bond acceptors (Lipinski definition) is 3. The molecule has 0 fully saturated rings. The smallest absolute Gasteiger partial charge is 0.251 e. The van der Waals surface area contributed by atoms with Gasteiger partial charge in [0.25, 0.3) is 11.8 Å². The summed E-state index contributed by atoms with van der Waals surface area (Å²) in [6, 6.07) is 6.74. The summed E-state index contributed by atoms with van der Waals surface area (Å²) in [5.74, 6) is -0.309. The molecule has 5 heteroatoms. The zero-order valence-corrected chi connectivity index (χ0v) is 11.9. The fourth-order valence-corrected chi connectivity index (χ4v) is 1.72. The molecule has 0 aliphatic rings. The van der Waals surface area contributed by atoms with Gasteiger partial charge in [-0.25, -0.2) is 0 Å². The number of nitrogens with two attached hydrogens (primary N) is 1. The Morgan fingerprint density at radius 2 is 1.65 bits per heavy atom. The molecule has 0 aliphatic heterocycles. The van der Waals surface area contributed by atoms with Crippen molar-refractivity contribution in [1.29, 1.82) is 0 Å². The van der Waals surface area contributed by atoms with Gasteiger partial charge in [0.05, 0.1) is 0 Å². The predicted octanol–water partition coefficient (Wildman–Crippen LogP) is 1.30. The standard InChI is InChI=1S/C15H23N3O2/c1-2-9-17-14(19)12-6-5-7-13(11-12)15(20)18-10-4-3-8-16/h5-7,11H,2-4,8-10,16H2,1H3,(H,17,19)(H,18,20). The van der Waals surface area contributed by atoms with E-state index in [1.807, 2.05) is 6.92 Å². The lowest BCUT2D eigenvalue weighted by atomic mass is 10.1. The molecule has 0 aromatic heterocycles. The number of amides is 2. The van der Waals surface area contributed by atoms with E-state index in [0.717, 1.165) is 19.3 Å². The summed E-state index contributed by atoms with van der Waals surface area (Å²) in [5.41, 5.74) is 6.40. The van der Waals surface area contributed by atoms with E-state index in [9.17, 15) is 9.59 Å². The van der Waals surface area contributed by atoms with E-state index in [1.165, 1.54) is 0 Å². The zero-order chi connectivity index (χ0) is 14.8. The Morgan fingerprint density at radius 3 is 2.20 bits per heavy atom. The second-order valence-electron chi connectivity index (χ2n) is 4.59. The second-order valence-corrected chi connectivity index (χ2v) is 4.59. The molecule has 0 heterocycles. The summed E-state index contributed by atoms with van der Waals surface area (Å²) >= 11 is 0. The molecule has 0 aliphatic carbocycles. The van der Waals surface area contributed by atoms with Gasteiger partial charge in [-0.1, -0.05) is 13.0 Å². The monoisotopic (exact) mass is 277 g/mol. The Kier molecular flexibility index (Phi) is 7.35. The van der Waals surface area contributed by atoms with Gasteiger partial charge < -0.3 is 16.4 Å². The Morgan fingerprint density at radius 1 is 1.05 bits per heavy atom. The highest BCUT2D eigenvalue weighted by Crippen LogP contribution is 2.05. The average Bonchev–Trinajstić information content (AvgIpc) is 2.49. The third-order valence-corrected chi connectivity index (χ3v) is 2.84. The van der Waals surface area contributed by atoms with Crippen LogP contribution in [0.15, 0.2) is 24.3 Å². The first kappa shape index (κ1) is 16.2. The minimum absolute atomic E-state index is 0.148. The minimum atomic E-state index is -0.160. The molecule has 1 aromatic rings. The lowest BCUT2D eigenvalue weighted by molar-refractivity contribution is 0.0952. The zero-order valence-electron chi connectivity index (χ0n) is 11.9. The first-order valence-electron chi connectivity index (χ1n) is 7.05. The molecule has 1 aromatic carbocycles. The highest BCUT2D eigenvalue weighted by molar-refractivity contribution is 5.99. The van der Waals surface area contributed by atoms with Crippen LogP contribution in [0, 0.1) is 0 Å². The maximum atomic E-state index is 11.9. The highest BCUT2D eigenvalue weighted by atomic mass is 16.2. The number of rotatable bonds is 8. The maximum absolute atomic E-state index is 11.9. The molecule has 0 unspecified atom stereocenters. The molecule has 1 rings (SSSR count). The topological polar surface area (TPSA) is 84.2 Å². The minimum Gasteiger partial charge on any atom is -0.352 e. The Balaban J connectivity index is 2.58. The molecule has 4 N–H and O–H groups in total. The molecule has 0 saturated heterocycles. The van der Waals surface area contributed by atoms with Gasteiger partial charge in [0, 0.05) is 24.2 Å². The Labute approximate surface area is 119 Å². The summed E-state index contributed by atoms with van der Waals surface area (Å²) in [7, 11) is 0. The van der Waals surface area contributed by atoms with Crippen LogP contribution < -0.4 is 16.4 Å². The highest BCUT2D eigenvalue weighted by Gasteiger charge is 2.09. The van der Waals surface area contributed by atoms with Crippen LogP contribution >= 0.6 is 0 Å². The summed E-state index contributed by atoms with van der Waals surface area (Å²) in [5, 5.41) is 5.61. The molecule has 0 spiro atoms. The molecular weight excluding hydrogens is 254 g/mol. The number of carbonyl (C=O) groups is 2. The van der Waals surface area contributed by atoms with E-state index in [0.29, 0.717) is 30.8 Å². The van der Waals surface area contributed by atoms with E-state index in [2.05, 4.69) is 10.6 Å². The van der Waals surface area contributed by atoms with Crippen LogP contribution in [0.25, 0.3) is 0 Å². The predicted molar refractivity (Wildman–Crippen MR) is 79.7 cm³/mol. The molecule has 0 radical (unpaired) electrons. The average molecular weight is 277 g/mol. The second kappa shape index (κ2) is 9.09. The molecule has 5 nitrogen and oxygen atoms in total. The summed E-state index contributed by atoms with van der Waals surface area (Å²) in [6.45, 7) is 3.85. The van der Waals surface area contributed by atoms with Gasteiger partial charge in [0.15, 0.2) is 0 Å². The molecule has 20 heavy (non-hydrogen) atoms. The SMILES string of the molecule is CCCNC(=O)c1cccc(C(=O)NCCCCN)c1. The summed E-state index contributed by atoms with van der Waals surface area (Å²) in [4.78, 5) is 23.7. The van der Waals surface area contributed by atoms with E-state index < -0.39 is 0 Å². The summed E-state index contributed by atoms with van der Waals surface area (Å²) in [6.07, 6.45) is 2.63. The van der Waals surface area contributed by atoms with E-state index >= 15 is 0 Å². The third kappa shape index (κ3) is 5.40. The van der Waals surface area contributed by atoms with Crippen molar-refractivity contribution in [3.8, 4) is 0 Å². The third-order valence-electron chi connectivity index (χ3n) is 2.84. The Hall–Kier alpha value is -1.88. The van der Waals surface area contributed by atoms with Crippen molar-refractivity contribution in [2.24, 2.45) is 5.73 Å². The fraction of sp³-hybridized carbons (Fsp3) is 0.467. The van der Waals surface area contributed by atoms with E-state index in [-0.39, 0.29) is 11.8 Å². The molecular formula is C15H23N3O2. The largest absolute Gasteiger partial charge is 0.352 e. The first-order chi connectivity index (χ1) is 9.69. The van der Waals surface area contributed by atoms with Crippen molar-refractivity contribution in [3.05, 3.63) is 35.4 Å². The maximum Gasteiger partial charge on any atom is 0.251 e. The molecule has 0 atom stereocenters. The molecule has 0 bridgehead atoms. The van der Waals surface area contributed by atoms with E-state index in [1.54, 1.807) is 24.3 Å².